The number of aromatic nitrogens is 1. The van der Waals surface area contributed by atoms with E-state index in [1.807, 2.05) is 36.4 Å². The van der Waals surface area contributed by atoms with Crippen molar-refractivity contribution in [3.8, 4) is 11.1 Å². The Morgan fingerprint density at radius 1 is 0.970 bits per heavy atom. The lowest BCUT2D eigenvalue weighted by Crippen LogP contribution is -2.27. The number of benzene rings is 2. The van der Waals surface area contributed by atoms with Crippen LogP contribution in [0.5, 0.6) is 0 Å². The molecule has 0 fully saturated rings. The van der Waals surface area contributed by atoms with Crippen molar-refractivity contribution < 1.29 is 24.2 Å². The van der Waals surface area contributed by atoms with Crippen LogP contribution in [-0.2, 0) is 9.53 Å². The van der Waals surface area contributed by atoms with E-state index in [0.717, 1.165) is 28.3 Å². The minimum atomic E-state index is -1.11. The van der Waals surface area contributed by atoms with Gasteiger partial charge in [0, 0.05) is 24.7 Å². The van der Waals surface area contributed by atoms with Gasteiger partial charge in [-0.1, -0.05) is 54.6 Å². The van der Waals surface area contributed by atoms with Gasteiger partial charge in [0.05, 0.1) is 5.69 Å². The van der Waals surface area contributed by atoms with E-state index < -0.39 is 18.0 Å². The van der Waals surface area contributed by atoms with Gasteiger partial charge in [0.15, 0.2) is 5.69 Å². The molecule has 1 aliphatic rings. The third-order valence-corrected chi connectivity index (χ3v) is 5.24. The Bertz CT molecular complexity index is 1190. The van der Waals surface area contributed by atoms with E-state index in [1.54, 1.807) is 6.07 Å². The molecule has 0 bridgehead atoms. The van der Waals surface area contributed by atoms with Crippen LogP contribution in [0.1, 0.15) is 27.5 Å². The van der Waals surface area contributed by atoms with Crippen molar-refractivity contribution in [1.82, 2.24) is 10.3 Å². The number of nitrogens with one attached hydrogen (secondary N) is 2. The highest BCUT2D eigenvalue weighted by Crippen LogP contribution is 2.44. The lowest BCUT2D eigenvalue weighted by molar-refractivity contribution is -0.131. The number of hydrogen-bond acceptors (Lipinski definition) is 5. The molecule has 3 N–H and O–H groups in total. The van der Waals surface area contributed by atoms with Crippen LogP contribution in [0.15, 0.2) is 79.0 Å². The van der Waals surface area contributed by atoms with E-state index in [-0.39, 0.29) is 30.5 Å². The zero-order valence-electron chi connectivity index (χ0n) is 17.5. The first-order valence-electron chi connectivity index (χ1n) is 10.3. The summed E-state index contributed by atoms with van der Waals surface area (Å²) in [5.74, 6) is -1.75. The molecule has 0 aliphatic heterocycles. The molecule has 166 valence electrons. The lowest BCUT2D eigenvalue weighted by Gasteiger charge is -2.15. The van der Waals surface area contributed by atoms with Crippen LogP contribution in [0.2, 0.25) is 0 Å². The zero-order valence-corrected chi connectivity index (χ0v) is 17.5. The highest BCUT2D eigenvalue weighted by Gasteiger charge is 2.29. The molecule has 0 radical (unpaired) electrons. The molecule has 8 nitrogen and oxygen atoms in total. The minimum absolute atomic E-state index is 0.00488. The standard InChI is InChI=1S/C25H21N3O5/c29-22(30)12-6-14-27-24(31)23-21(11-5-13-26-23)28-25(32)33-15-20-18-9-3-1-7-16(18)17-8-2-4-10-19(17)20/h1-13,20H,14-15H2,(H,27,31)(H,28,32)(H,29,30)/b12-6+. The second-order valence-corrected chi connectivity index (χ2v) is 7.30. The van der Waals surface area contributed by atoms with Crippen molar-refractivity contribution in [2.45, 2.75) is 5.92 Å². The van der Waals surface area contributed by atoms with E-state index in [4.69, 9.17) is 9.84 Å². The first-order chi connectivity index (χ1) is 16.0. The fourth-order valence-electron chi connectivity index (χ4n) is 3.83. The number of pyridine rings is 1. The maximum atomic E-state index is 12.5. The van der Waals surface area contributed by atoms with Gasteiger partial charge in [-0.2, -0.15) is 0 Å². The molecule has 0 spiro atoms. The number of hydrogen-bond donors (Lipinski definition) is 3. The minimum Gasteiger partial charge on any atom is -0.478 e. The molecule has 33 heavy (non-hydrogen) atoms. The number of amides is 2. The summed E-state index contributed by atoms with van der Waals surface area (Å²) in [5.41, 5.74) is 4.64. The average molecular weight is 443 g/mol. The molecule has 0 saturated heterocycles. The van der Waals surface area contributed by atoms with Crippen molar-refractivity contribution in [2.75, 3.05) is 18.5 Å². The zero-order chi connectivity index (χ0) is 23.2. The van der Waals surface area contributed by atoms with E-state index in [1.165, 1.54) is 18.3 Å². The van der Waals surface area contributed by atoms with Gasteiger partial charge in [-0.25, -0.2) is 14.6 Å². The predicted octanol–water partition coefficient (Wildman–Crippen LogP) is 3.81. The molecule has 1 aliphatic carbocycles. The monoisotopic (exact) mass is 443 g/mol. The predicted molar refractivity (Wildman–Crippen MR) is 122 cm³/mol. The van der Waals surface area contributed by atoms with Crippen molar-refractivity contribution in [2.24, 2.45) is 0 Å². The number of aliphatic carboxylic acids is 1. The van der Waals surface area contributed by atoms with E-state index in [0.29, 0.717) is 0 Å². The van der Waals surface area contributed by atoms with Gasteiger partial charge in [0.25, 0.3) is 5.91 Å². The quantitative estimate of drug-likeness (QED) is 0.478. The van der Waals surface area contributed by atoms with Crippen molar-refractivity contribution in [3.63, 3.8) is 0 Å². The fraction of sp³-hybridized carbons (Fsp3) is 0.120. The number of fused-ring (bicyclic) bond motifs is 3. The molecule has 4 rings (SSSR count). The Morgan fingerprint density at radius 2 is 1.64 bits per heavy atom. The van der Waals surface area contributed by atoms with Crippen LogP contribution in [0.4, 0.5) is 10.5 Å². The Labute approximate surface area is 189 Å². The maximum Gasteiger partial charge on any atom is 0.411 e. The number of carbonyl (C=O) groups is 3. The van der Waals surface area contributed by atoms with E-state index in [2.05, 4.69) is 27.8 Å². The molecule has 3 aromatic rings. The highest BCUT2D eigenvalue weighted by molar-refractivity contribution is 6.01. The average Bonchev–Trinajstić information content (AvgIpc) is 3.14. The maximum absolute atomic E-state index is 12.5. The Balaban J connectivity index is 1.41. The molecule has 0 atom stereocenters. The van der Waals surface area contributed by atoms with Crippen molar-refractivity contribution in [1.29, 1.82) is 0 Å². The van der Waals surface area contributed by atoms with Crippen molar-refractivity contribution >= 4 is 23.7 Å². The summed E-state index contributed by atoms with van der Waals surface area (Å²) >= 11 is 0. The lowest BCUT2D eigenvalue weighted by atomic mass is 9.98. The van der Waals surface area contributed by atoms with Crippen molar-refractivity contribution in [3.05, 3.63) is 95.8 Å². The number of rotatable bonds is 7. The number of carboxylic acids is 1. The largest absolute Gasteiger partial charge is 0.478 e. The van der Waals surface area contributed by atoms with Gasteiger partial charge in [0.1, 0.15) is 6.61 Å². The van der Waals surface area contributed by atoms with Gasteiger partial charge in [-0.3, -0.25) is 10.1 Å². The first kappa shape index (κ1) is 21.8. The topological polar surface area (TPSA) is 118 Å². The van der Waals surface area contributed by atoms with Gasteiger partial charge < -0.3 is 15.2 Å². The van der Waals surface area contributed by atoms with E-state index in [9.17, 15) is 14.4 Å². The smallest absolute Gasteiger partial charge is 0.411 e. The molecule has 0 saturated carbocycles. The third-order valence-electron chi connectivity index (χ3n) is 5.24. The number of nitrogens with zero attached hydrogens (tertiary/aromatic N) is 1. The fourth-order valence-corrected chi connectivity index (χ4v) is 3.83. The van der Waals surface area contributed by atoms with Crippen LogP contribution in [-0.4, -0.2) is 41.2 Å². The van der Waals surface area contributed by atoms with Crippen LogP contribution in [0.3, 0.4) is 0 Å². The summed E-state index contributed by atoms with van der Waals surface area (Å²) in [6.45, 7) is 0.147. The van der Waals surface area contributed by atoms with Gasteiger partial charge >= 0.3 is 12.1 Å². The number of anilines is 1. The molecule has 2 amide bonds. The summed E-state index contributed by atoms with van der Waals surface area (Å²) in [6.07, 6.45) is 2.94. The van der Waals surface area contributed by atoms with E-state index >= 15 is 0 Å². The van der Waals surface area contributed by atoms with Gasteiger partial charge in [-0.15, -0.1) is 0 Å². The van der Waals surface area contributed by atoms with Gasteiger partial charge in [-0.05, 0) is 34.4 Å². The second kappa shape index (κ2) is 9.78. The number of carbonyl (C=O) groups excluding carboxylic acids is 2. The summed E-state index contributed by atoms with van der Waals surface area (Å²) < 4.78 is 5.52. The third kappa shape index (κ3) is 4.90. The number of ether oxygens (including phenoxy) is 1. The van der Waals surface area contributed by atoms with Gasteiger partial charge in [0.2, 0.25) is 0 Å². The molecule has 2 aromatic carbocycles. The van der Waals surface area contributed by atoms with Crippen LogP contribution in [0.25, 0.3) is 11.1 Å². The molecule has 1 aromatic heterocycles. The number of carboxylic acid groups (broad SMARTS) is 1. The summed E-state index contributed by atoms with van der Waals surface area (Å²) in [4.78, 5) is 39.4. The van der Waals surface area contributed by atoms with Crippen LogP contribution in [0, 0.1) is 0 Å². The first-order valence-corrected chi connectivity index (χ1v) is 10.3. The summed E-state index contributed by atoms with van der Waals surface area (Å²) in [5, 5.41) is 13.7. The second-order valence-electron chi connectivity index (χ2n) is 7.30. The van der Waals surface area contributed by atoms with Crippen LogP contribution < -0.4 is 10.6 Å². The Kier molecular flexibility index (Phi) is 6.45. The Morgan fingerprint density at radius 3 is 2.30 bits per heavy atom. The molecule has 1 heterocycles. The summed E-state index contributed by atoms with van der Waals surface area (Å²) in [6, 6.07) is 19.2. The Hall–Kier alpha value is -4.46. The molecular formula is C25H21N3O5. The molecule has 8 heteroatoms. The SMILES string of the molecule is O=C(O)/C=C/CNC(=O)c1ncccc1NC(=O)OCC1c2ccccc2-c2ccccc21. The van der Waals surface area contributed by atoms with Crippen LogP contribution >= 0.6 is 0 Å². The normalized spacial score (nSPS) is 12.1. The highest BCUT2D eigenvalue weighted by atomic mass is 16.5. The summed E-state index contributed by atoms with van der Waals surface area (Å²) in [7, 11) is 0. The molecule has 0 unspecified atom stereocenters. The molecular weight excluding hydrogens is 422 g/mol.